The molecule has 2 aromatic heterocycles. The maximum absolute atomic E-state index is 10.4. The summed E-state index contributed by atoms with van der Waals surface area (Å²) in [5.74, 6) is 0.805. The fraction of sp³-hybridized carbons (Fsp3) is 0.667. The fourth-order valence-corrected chi connectivity index (χ4v) is 3.62. The van der Waals surface area contributed by atoms with Crippen LogP contribution in [0.3, 0.4) is 0 Å². The van der Waals surface area contributed by atoms with E-state index in [2.05, 4.69) is 24.4 Å². The molecule has 3 heterocycles. The van der Waals surface area contributed by atoms with Crippen LogP contribution in [0.4, 0.5) is 5.82 Å². The number of fused-ring (bicyclic) bond motifs is 1. The minimum Gasteiger partial charge on any atom is -0.388 e. The lowest BCUT2D eigenvalue weighted by Crippen LogP contribution is -2.46. The third-order valence-electron chi connectivity index (χ3n) is 4.83. The molecule has 2 aliphatic rings. The Kier molecular flexibility index (Phi) is 3.27. The van der Waals surface area contributed by atoms with Crippen molar-refractivity contribution in [3.05, 3.63) is 11.6 Å². The Bertz CT molecular complexity index is 709. The first-order valence-corrected chi connectivity index (χ1v) is 8.29. The Morgan fingerprint density at radius 3 is 2.82 bits per heavy atom. The summed E-state index contributed by atoms with van der Waals surface area (Å²) in [6.07, 6.45) is 7.20. The smallest absolute Gasteiger partial charge is 0.226 e. The maximum atomic E-state index is 10.4. The van der Waals surface area contributed by atoms with Crippen LogP contribution >= 0.6 is 11.6 Å². The standard InChI is InChI=1S/C15H20ClN5O/c1-15(22)6-3-7-20(8-15)13-11-12(18-14(16)19-13)17-9-21(11)10-4-2-5-10/h9-10,22H,2-8H2,1H3/t15-/m1/s1. The summed E-state index contributed by atoms with van der Waals surface area (Å²) in [7, 11) is 0. The largest absolute Gasteiger partial charge is 0.388 e. The zero-order valence-electron chi connectivity index (χ0n) is 12.7. The van der Waals surface area contributed by atoms with Crippen molar-refractivity contribution in [3.63, 3.8) is 0 Å². The van der Waals surface area contributed by atoms with Crippen LogP contribution in [0, 0.1) is 0 Å². The van der Waals surface area contributed by atoms with Crippen LogP contribution in [-0.2, 0) is 0 Å². The van der Waals surface area contributed by atoms with Gasteiger partial charge in [0.1, 0.15) is 5.52 Å². The second kappa shape index (κ2) is 5.06. The van der Waals surface area contributed by atoms with Crippen molar-refractivity contribution in [2.24, 2.45) is 0 Å². The monoisotopic (exact) mass is 321 g/mol. The van der Waals surface area contributed by atoms with Gasteiger partial charge < -0.3 is 14.6 Å². The number of piperidine rings is 1. The summed E-state index contributed by atoms with van der Waals surface area (Å²) in [5.41, 5.74) is 0.905. The highest BCUT2D eigenvalue weighted by Gasteiger charge is 2.32. The van der Waals surface area contributed by atoms with Crippen LogP contribution < -0.4 is 4.90 Å². The van der Waals surface area contributed by atoms with E-state index in [1.165, 1.54) is 19.3 Å². The Hall–Kier alpha value is -1.40. The van der Waals surface area contributed by atoms with Gasteiger partial charge >= 0.3 is 0 Å². The molecule has 2 fully saturated rings. The third kappa shape index (κ3) is 2.34. The topological polar surface area (TPSA) is 67.1 Å². The van der Waals surface area contributed by atoms with Crippen LogP contribution in [-0.4, -0.2) is 43.3 Å². The summed E-state index contributed by atoms with van der Waals surface area (Å²) >= 11 is 6.09. The number of aromatic nitrogens is 4. The van der Waals surface area contributed by atoms with E-state index < -0.39 is 5.60 Å². The van der Waals surface area contributed by atoms with Crippen molar-refractivity contribution >= 4 is 28.6 Å². The molecule has 0 spiro atoms. The quantitative estimate of drug-likeness (QED) is 0.861. The lowest BCUT2D eigenvalue weighted by atomic mass is 9.93. The third-order valence-corrected chi connectivity index (χ3v) is 4.99. The molecular weight excluding hydrogens is 302 g/mol. The minimum atomic E-state index is -0.691. The Morgan fingerprint density at radius 1 is 1.32 bits per heavy atom. The number of rotatable bonds is 2. The number of aliphatic hydroxyl groups is 1. The molecule has 6 nitrogen and oxygen atoms in total. The van der Waals surface area contributed by atoms with Crippen molar-refractivity contribution in [1.29, 1.82) is 0 Å². The Labute approximate surface area is 134 Å². The molecule has 1 aliphatic heterocycles. The van der Waals surface area contributed by atoms with Crippen LogP contribution in [0.2, 0.25) is 5.28 Å². The maximum Gasteiger partial charge on any atom is 0.226 e. The van der Waals surface area contributed by atoms with E-state index in [0.717, 1.165) is 30.7 Å². The molecule has 1 N–H and O–H groups in total. The molecule has 0 aromatic carbocycles. The molecule has 118 valence electrons. The van der Waals surface area contributed by atoms with Gasteiger partial charge in [0.25, 0.3) is 0 Å². The Balaban J connectivity index is 1.82. The summed E-state index contributed by atoms with van der Waals surface area (Å²) < 4.78 is 2.19. The molecule has 2 aromatic rings. The van der Waals surface area contributed by atoms with E-state index in [-0.39, 0.29) is 5.28 Å². The van der Waals surface area contributed by atoms with E-state index in [9.17, 15) is 5.11 Å². The van der Waals surface area contributed by atoms with Gasteiger partial charge in [0, 0.05) is 19.1 Å². The first-order valence-electron chi connectivity index (χ1n) is 7.91. The zero-order chi connectivity index (χ0) is 15.3. The number of imidazole rings is 1. The van der Waals surface area contributed by atoms with E-state index in [1.54, 1.807) is 0 Å². The summed E-state index contributed by atoms with van der Waals surface area (Å²) in [6.45, 7) is 3.31. The molecule has 7 heteroatoms. The number of hydrogen-bond donors (Lipinski definition) is 1. The highest BCUT2D eigenvalue weighted by molar-refractivity contribution is 6.28. The molecule has 4 rings (SSSR count). The lowest BCUT2D eigenvalue weighted by Gasteiger charge is -2.38. The van der Waals surface area contributed by atoms with Gasteiger partial charge in [0.05, 0.1) is 11.9 Å². The van der Waals surface area contributed by atoms with Gasteiger partial charge in [-0.2, -0.15) is 9.97 Å². The second-order valence-electron chi connectivity index (χ2n) is 6.75. The van der Waals surface area contributed by atoms with Crippen molar-refractivity contribution in [2.45, 2.75) is 50.7 Å². The first kappa shape index (κ1) is 14.2. The molecule has 1 atom stereocenters. The van der Waals surface area contributed by atoms with Gasteiger partial charge in [-0.1, -0.05) is 0 Å². The Morgan fingerprint density at radius 2 is 2.14 bits per heavy atom. The predicted molar refractivity (Wildman–Crippen MR) is 85.3 cm³/mol. The molecule has 1 saturated carbocycles. The van der Waals surface area contributed by atoms with Crippen molar-refractivity contribution in [1.82, 2.24) is 19.5 Å². The fourth-order valence-electron chi connectivity index (χ4n) is 3.46. The number of nitrogens with zero attached hydrogens (tertiary/aromatic N) is 5. The van der Waals surface area contributed by atoms with Crippen LogP contribution in [0.25, 0.3) is 11.2 Å². The van der Waals surface area contributed by atoms with Crippen LogP contribution in [0.5, 0.6) is 0 Å². The second-order valence-corrected chi connectivity index (χ2v) is 7.09. The van der Waals surface area contributed by atoms with Gasteiger partial charge in [0.15, 0.2) is 11.5 Å². The summed E-state index contributed by atoms with van der Waals surface area (Å²) in [4.78, 5) is 15.3. The minimum absolute atomic E-state index is 0.214. The number of anilines is 1. The van der Waals surface area contributed by atoms with E-state index in [4.69, 9.17) is 11.6 Å². The average molecular weight is 322 g/mol. The molecule has 0 unspecified atom stereocenters. The zero-order valence-corrected chi connectivity index (χ0v) is 13.4. The van der Waals surface area contributed by atoms with Crippen LogP contribution in [0.1, 0.15) is 45.1 Å². The first-order chi connectivity index (χ1) is 10.5. The van der Waals surface area contributed by atoms with E-state index in [1.807, 2.05) is 13.3 Å². The molecule has 22 heavy (non-hydrogen) atoms. The van der Waals surface area contributed by atoms with Crippen molar-refractivity contribution in [3.8, 4) is 0 Å². The van der Waals surface area contributed by atoms with Gasteiger partial charge in [-0.15, -0.1) is 0 Å². The van der Waals surface area contributed by atoms with E-state index in [0.29, 0.717) is 18.2 Å². The molecular formula is C15H20ClN5O. The summed E-state index contributed by atoms with van der Waals surface area (Å²) in [5, 5.41) is 10.6. The summed E-state index contributed by atoms with van der Waals surface area (Å²) in [6, 6.07) is 0.485. The molecule has 1 saturated heterocycles. The van der Waals surface area contributed by atoms with Gasteiger partial charge in [-0.25, -0.2) is 4.98 Å². The number of halogens is 1. The van der Waals surface area contributed by atoms with Gasteiger partial charge in [-0.05, 0) is 50.6 Å². The predicted octanol–water partition coefficient (Wildman–Crippen LogP) is 2.56. The highest BCUT2D eigenvalue weighted by atomic mass is 35.5. The van der Waals surface area contributed by atoms with Gasteiger partial charge in [0.2, 0.25) is 5.28 Å². The lowest BCUT2D eigenvalue weighted by molar-refractivity contribution is 0.0447. The molecule has 0 radical (unpaired) electrons. The number of β-amino-alcohol motifs (C(OH)–C–C–N with tert-alkyl or cyclic N) is 1. The SMILES string of the molecule is C[C@@]1(O)CCCN(c2nc(Cl)nc3ncn(C4CCC4)c23)C1. The van der Waals surface area contributed by atoms with Crippen molar-refractivity contribution < 1.29 is 5.11 Å². The molecule has 1 aliphatic carbocycles. The average Bonchev–Trinajstić information content (AvgIpc) is 2.78. The highest BCUT2D eigenvalue weighted by Crippen LogP contribution is 2.37. The number of hydrogen-bond acceptors (Lipinski definition) is 5. The van der Waals surface area contributed by atoms with Crippen LogP contribution in [0.15, 0.2) is 6.33 Å². The molecule has 0 amide bonds. The normalized spacial score (nSPS) is 26.4. The molecule has 0 bridgehead atoms. The van der Waals surface area contributed by atoms with E-state index >= 15 is 0 Å². The van der Waals surface area contributed by atoms with Gasteiger partial charge in [-0.3, -0.25) is 0 Å². The van der Waals surface area contributed by atoms with Crippen molar-refractivity contribution in [2.75, 3.05) is 18.0 Å².